The van der Waals surface area contributed by atoms with E-state index in [1.807, 2.05) is 48.5 Å². The maximum Gasteiger partial charge on any atom is 0.261 e. The molecule has 3 aliphatic rings. The first kappa shape index (κ1) is 46.7. The summed E-state index contributed by atoms with van der Waals surface area (Å²) in [5.74, 6) is -0.955. The lowest BCUT2D eigenvalue weighted by Gasteiger charge is -2.38. The molecule has 5 aromatic rings. The first-order valence-electron chi connectivity index (χ1n) is 21.9. The van der Waals surface area contributed by atoms with E-state index < -0.39 is 11.2 Å². The van der Waals surface area contributed by atoms with Gasteiger partial charge in [-0.05, 0) is 147 Å². The highest BCUT2D eigenvalue weighted by molar-refractivity contribution is 9.10. The first-order chi connectivity index (χ1) is 30.4. The lowest BCUT2D eigenvalue weighted by Crippen LogP contribution is -2.43. The molecule has 0 spiro atoms. The third-order valence-electron chi connectivity index (χ3n) is 12.6. The number of piperidine rings is 2. The number of fused-ring (bicyclic) bond motifs is 1. The summed E-state index contributed by atoms with van der Waals surface area (Å²) in [6.45, 7) is 6.24. The van der Waals surface area contributed by atoms with Gasteiger partial charge in [-0.1, -0.05) is 88.2 Å². The smallest absolute Gasteiger partial charge is 0.261 e. The van der Waals surface area contributed by atoms with Crippen LogP contribution in [-0.2, 0) is 15.9 Å². The SMILES string of the molecule is O=C1c2ccccc2C(=O)N1CCCCN1CCC(O)(c2ccc(Br)cc2)CC1.OC1(c2ccc(Cl)cc2)CCN(CCCCOC(c2ccc(F)cc2)c2ccc(F)cc2)CC1. The summed E-state index contributed by atoms with van der Waals surface area (Å²) < 4.78 is 33.9. The number of carbonyl (C=O) groups is 2. The zero-order chi connectivity index (χ0) is 44.4. The van der Waals surface area contributed by atoms with E-state index in [0.717, 1.165) is 91.7 Å². The van der Waals surface area contributed by atoms with Crippen molar-refractivity contribution in [3.05, 3.63) is 176 Å². The number of amides is 2. The highest BCUT2D eigenvalue weighted by Gasteiger charge is 2.36. The average molecular weight is 943 g/mol. The van der Waals surface area contributed by atoms with Crippen molar-refractivity contribution >= 4 is 39.3 Å². The van der Waals surface area contributed by atoms with Crippen LogP contribution in [-0.4, -0.2) is 89.1 Å². The van der Waals surface area contributed by atoms with Crippen molar-refractivity contribution in [2.24, 2.45) is 0 Å². The summed E-state index contributed by atoms with van der Waals surface area (Å²) in [4.78, 5) is 30.9. The van der Waals surface area contributed by atoms with Crippen LogP contribution in [0.5, 0.6) is 0 Å². The molecule has 63 heavy (non-hydrogen) atoms. The Morgan fingerprint density at radius 2 is 1.00 bits per heavy atom. The number of unbranched alkanes of at least 4 members (excludes halogenated alkanes) is 2. The van der Waals surface area contributed by atoms with Gasteiger partial charge in [-0.15, -0.1) is 0 Å². The molecule has 0 aliphatic carbocycles. The van der Waals surface area contributed by atoms with Gasteiger partial charge in [0.05, 0.1) is 22.3 Å². The van der Waals surface area contributed by atoms with Crippen LogP contribution in [0, 0.1) is 11.6 Å². The molecule has 332 valence electrons. The number of hydrogen-bond donors (Lipinski definition) is 2. The highest BCUT2D eigenvalue weighted by Crippen LogP contribution is 2.35. The lowest BCUT2D eigenvalue weighted by molar-refractivity contribution is -0.0267. The molecule has 2 saturated heterocycles. The summed E-state index contributed by atoms with van der Waals surface area (Å²) in [6, 6.07) is 34.9. The van der Waals surface area contributed by atoms with Gasteiger partial charge in [0.1, 0.15) is 17.7 Å². The van der Waals surface area contributed by atoms with E-state index in [1.54, 1.807) is 48.5 Å². The van der Waals surface area contributed by atoms with E-state index in [1.165, 1.54) is 29.2 Å². The number of aliphatic hydroxyl groups is 2. The lowest BCUT2D eigenvalue weighted by atomic mass is 9.84. The van der Waals surface area contributed by atoms with Gasteiger partial charge in [0.25, 0.3) is 11.8 Å². The fourth-order valence-corrected chi connectivity index (χ4v) is 9.13. The van der Waals surface area contributed by atoms with Crippen molar-refractivity contribution in [2.75, 3.05) is 52.4 Å². The van der Waals surface area contributed by atoms with Gasteiger partial charge in [-0.2, -0.15) is 0 Å². The summed E-state index contributed by atoms with van der Waals surface area (Å²) >= 11 is 9.41. The maximum atomic E-state index is 13.4. The molecule has 5 aromatic carbocycles. The number of halogens is 4. The molecule has 3 heterocycles. The molecule has 0 saturated carbocycles. The van der Waals surface area contributed by atoms with Gasteiger partial charge in [-0.3, -0.25) is 14.5 Å². The predicted octanol–water partition coefficient (Wildman–Crippen LogP) is 10.3. The van der Waals surface area contributed by atoms with Crippen molar-refractivity contribution in [2.45, 2.75) is 68.7 Å². The number of benzene rings is 5. The van der Waals surface area contributed by atoms with Gasteiger partial charge in [0, 0.05) is 48.8 Å². The van der Waals surface area contributed by atoms with E-state index in [4.69, 9.17) is 16.3 Å². The monoisotopic (exact) mass is 941 g/mol. The van der Waals surface area contributed by atoms with Crippen molar-refractivity contribution in [1.82, 2.24) is 14.7 Å². The molecule has 12 heteroatoms. The standard InChI is InChI=1S/C28H30ClF2NO2.C23H25BrN2O3/c29-24-9-7-23(8-10-24)28(33)15-18-32(19-16-28)17-1-2-20-34-27(21-3-11-25(30)12-4-21)22-5-13-26(31)14-6-22;24-18-9-7-17(8-10-18)23(29)11-15-25(16-12-23)13-3-4-14-26-21(27)19-5-1-2-6-20(19)22(26)28/h3-14,27,33H,1-2,15-20H2;1-2,5-10,29H,3-4,11-16H2. The molecule has 0 aromatic heterocycles. The molecule has 0 bridgehead atoms. The van der Waals surface area contributed by atoms with E-state index in [9.17, 15) is 28.6 Å². The largest absolute Gasteiger partial charge is 0.385 e. The third-order valence-corrected chi connectivity index (χ3v) is 13.4. The molecule has 2 amide bonds. The maximum absolute atomic E-state index is 13.4. The quantitative estimate of drug-likeness (QED) is 0.0798. The topological polar surface area (TPSA) is 93.6 Å². The van der Waals surface area contributed by atoms with Crippen LogP contribution in [0.25, 0.3) is 0 Å². The third kappa shape index (κ3) is 12.1. The summed E-state index contributed by atoms with van der Waals surface area (Å²) in [5, 5.41) is 22.7. The molecule has 8 rings (SSSR count). The second-order valence-corrected chi connectivity index (χ2v) is 18.2. The van der Waals surface area contributed by atoms with Crippen LogP contribution in [0.3, 0.4) is 0 Å². The fraction of sp³-hybridized carbons (Fsp3) is 0.373. The van der Waals surface area contributed by atoms with Crippen LogP contribution >= 0.6 is 27.5 Å². The molecule has 2 fully saturated rings. The van der Waals surface area contributed by atoms with Crippen molar-refractivity contribution in [1.29, 1.82) is 0 Å². The molecular formula is C51H55BrClF2N3O5. The predicted molar refractivity (Wildman–Crippen MR) is 246 cm³/mol. The molecule has 0 radical (unpaired) electrons. The molecule has 2 N–H and O–H groups in total. The number of ether oxygens (including phenoxy) is 1. The fourth-order valence-electron chi connectivity index (χ4n) is 8.74. The van der Waals surface area contributed by atoms with Gasteiger partial charge in [-0.25, -0.2) is 8.78 Å². The molecule has 0 atom stereocenters. The molecule has 3 aliphatic heterocycles. The van der Waals surface area contributed by atoms with Gasteiger partial charge >= 0.3 is 0 Å². The minimum Gasteiger partial charge on any atom is -0.385 e. The number of nitrogens with zero attached hydrogens (tertiary/aromatic N) is 3. The van der Waals surface area contributed by atoms with Crippen molar-refractivity contribution in [3.63, 3.8) is 0 Å². The number of imide groups is 1. The number of rotatable bonds is 15. The van der Waals surface area contributed by atoms with Gasteiger partial charge in [0.15, 0.2) is 0 Å². The Balaban J connectivity index is 0.000000191. The second kappa shape index (κ2) is 21.6. The Bertz CT molecular complexity index is 2180. The summed E-state index contributed by atoms with van der Waals surface area (Å²) in [7, 11) is 0. The van der Waals surface area contributed by atoms with Gasteiger partial charge in [0.2, 0.25) is 0 Å². The van der Waals surface area contributed by atoms with E-state index in [-0.39, 0.29) is 29.6 Å². The normalized spacial score (nSPS) is 17.4. The summed E-state index contributed by atoms with van der Waals surface area (Å²) in [5.41, 5.74) is 3.07. The Morgan fingerprint density at radius 1 is 0.587 bits per heavy atom. The molecule has 0 unspecified atom stereocenters. The Labute approximate surface area is 382 Å². The first-order valence-corrected chi connectivity index (χ1v) is 23.1. The summed E-state index contributed by atoms with van der Waals surface area (Å²) in [6.07, 6.45) is 6.01. The van der Waals surface area contributed by atoms with Crippen molar-refractivity contribution in [3.8, 4) is 0 Å². The van der Waals surface area contributed by atoms with Gasteiger partial charge < -0.3 is 24.7 Å². The van der Waals surface area contributed by atoms with Crippen LogP contribution in [0.4, 0.5) is 8.78 Å². The Morgan fingerprint density at radius 3 is 1.46 bits per heavy atom. The zero-order valence-electron chi connectivity index (χ0n) is 35.4. The molecule has 8 nitrogen and oxygen atoms in total. The highest BCUT2D eigenvalue weighted by atomic mass is 79.9. The number of carbonyl (C=O) groups excluding carboxylic acids is 2. The number of likely N-dealkylation sites (tertiary alicyclic amines) is 2. The minimum absolute atomic E-state index is 0.178. The Kier molecular flexibility index (Phi) is 16.0. The van der Waals surface area contributed by atoms with Crippen LogP contribution in [0.15, 0.2) is 126 Å². The number of hydrogen-bond acceptors (Lipinski definition) is 7. The van der Waals surface area contributed by atoms with E-state index in [0.29, 0.717) is 55.0 Å². The average Bonchev–Trinajstić information content (AvgIpc) is 3.54. The van der Waals surface area contributed by atoms with E-state index >= 15 is 0 Å². The van der Waals surface area contributed by atoms with Crippen LogP contribution in [0.2, 0.25) is 5.02 Å². The second-order valence-electron chi connectivity index (χ2n) is 16.8. The van der Waals surface area contributed by atoms with Crippen LogP contribution < -0.4 is 0 Å². The van der Waals surface area contributed by atoms with Crippen LogP contribution in [0.1, 0.15) is 100 Å². The zero-order valence-corrected chi connectivity index (χ0v) is 37.8. The molecular weight excluding hydrogens is 888 g/mol. The minimum atomic E-state index is -0.790. The Hall–Kier alpha value is -4.33. The van der Waals surface area contributed by atoms with E-state index in [2.05, 4.69) is 25.7 Å². The van der Waals surface area contributed by atoms with Crippen molar-refractivity contribution < 1.29 is 33.3 Å².